The van der Waals surface area contributed by atoms with Gasteiger partial charge in [-0.15, -0.1) is 0 Å². The molecule has 5 heteroatoms. The number of nitrogens with one attached hydrogen (secondary N) is 1. The first-order valence-corrected chi connectivity index (χ1v) is 8.73. The van der Waals surface area contributed by atoms with Gasteiger partial charge < -0.3 is 10.2 Å². The first-order valence-electron chi connectivity index (χ1n) is 8.35. The molecule has 1 rings (SSSR count). The van der Waals surface area contributed by atoms with Gasteiger partial charge in [0.2, 0.25) is 11.8 Å². The van der Waals surface area contributed by atoms with Crippen molar-refractivity contribution in [3.63, 3.8) is 0 Å². The van der Waals surface area contributed by atoms with Gasteiger partial charge in [0.1, 0.15) is 6.04 Å². The Morgan fingerprint density at radius 3 is 2.43 bits per heavy atom. The molecule has 2 amide bonds. The van der Waals surface area contributed by atoms with Crippen LogP contribution < -0.4 is 5.32 Å². The van der Waals surface area contributed by atoms with E-state index in [-0.39, 0.29) is 11.8 Å². The number of nitrogens with zero attached hydrogens (tertiary/aromatic N) is 1. The monoisotopic (exact) mass is 338 g/mol. The summed E-state index contributed by atoms with van der Waals surface area (Å²) in [5, 5.41) is 3.51. The molecule has 0 radical (unpaired) electrons. The summed E-state index contributed by atoms with van der Waals surface area (Å²) in [5.74, 6) is -0.100. The summed E-state index contributed by atoms with van der Waals surface area (Å²) in [5.41, 5.74) is 0.861. The average molecular weight is 339 g/mol. The van der Waals surface area contributed by atoms with Crippen LogP contribution in [-0.4, -0.2) is 29.3 Å². The van der Waals surface area contributed by atoms with E-state index in [4.69, 9.17) is 11.6 Å². The Kier molecular flexibility index (Phi) is 8.70. The van der Waals surface area contributed by atoms with Crippen molar-refractivity contribution in [3.8, 4) is 0 Å². The average Bonchev–Trinajstić information content (AvgIpc) is 2.54. The Balaban J connectivity index is 3.00. The Labute approximate surface area is 144 Å². The van der Waals surface area contributed by atoms with E-state index in [9.17, 15) is 9.59 Å². The first-order chi connectivity index (χ1) is 11.0. The summed E-state index contributed by atoms with van der Waals surface area (Å²) in [6, 6.07) is 6.98. The molecule has 0 aromatic heterocycles. The number of carbonyl (C=O) groups excluding carboxylic acids is 2. The van der Waals surface area contributed by atoms with E-state index in [1.807, 2.05) is 39.0 Å². The molecule has 1 unspecified atom stereocenters. The van der Waals surface area contributed by atoms with Crippen LogP contribution in [0.25, 0.3) is 0 Å². The second-order valence-electron chi connectivity index (χ2n) is 5.58. The molecule has 0 fully saturated rings. The standard InChI is InChI=1S/C18H27ClN2O2/c1-4-9-17(22)21(13-14-10-7-8-11-15(14)19)16(6-3)18(23)20-12-5-2/h7-8,10-11,16H,4-6,9,12-13H2,1-3H3,(H,20,23). The molecule has 1 aromatic carbocycles. The van der Waals surface area contributed by atoms with Crippen molar-refractivity contribution in [3.05, 3.63) is 34.9 Å². The minimum atomic E-state index is -0.461. The lowest BCUT2D eigenvalue weighted by atomic mass is 10.1. The highest BCUT2D eigenvalue weighted by Crippen LogP contribution is 2.20. The van der Waals surface area contributed by atoms with Crippen LogP contribution in [0.3, 0.4) is 0 Å². The molecule has 1 aromatic rings. The minimum absolute atomic E-state index is 0.00841. The summed E-state index contributed by atoms with van der Waals surface area (Å²) in [6.07, 6.45) is 2.64. The maximum atomic E-state index is 12.5. The number of halogens is 1. The summed E-state index contributed by atoms with van der Waals surface area (Å²) in [7, 11) is 0. The Morgan fingerprint density at radius 1 is 1.17 bits per heavy atom. The fourth-order valence-corrected chi connectivity index (χ4v) is 2.65. The van der Waals surface area contributed by atoms with Crippen molar-refractivity contribution >= 4 is 23.4 Å². The van der Waals surface area contributed by atoms with Crippen LogP contribution in [0.15, 0.2) is 24.3 Å². The highest BCUT2D eigenvalue weighted by atomic mass is 35.5. The number of rotatable bonds is 9. The van der Waals surface area contributed by atoms with Crippen molar-refractivity contribution in [2.45, 2.75) is 59.0 Å². The Morgan fingerprint density at radius 2 is 1.87 bits per heavy atom. The summed E-state index contributed by atoms with van der Waals surface area (Å²) in [4.78, 5) is 26.6. The van der Waals surface area contributed by atoms with Crippen molar-refractivity contribution in [1.29, 1.82) is 0 Å². The zero-order chi connectivity index (χ0) is 17.2. The topological polar surface area (TPSA) is 49.4 Å². The van der Waals surface area contributed by atoms with Crippen LogP contribution in [0.2, 0.25) is 5.02 Å². The predicted molar refractivity (Wildman–Crippen MR) is 94.3 cm³/mol. The molecule has 23 heavy (non-hydrogen) atoms. The van der Waals surface area contributed by atoms with Gasteiger partial charge in [-0.2, -0.15) is 0 Å². The second kappa shape index (κ2) is 10.3. The minimum Gasteiger partial charge on any atom is -0.354 e. The highest BCUT2D eigenvalue weighted by molar-refractivity contribution is 6.31. The van der Waals surface area contributed by atoms with Gasteiger partial charge in [-0.05, 0) is 30.9 Å². The summed E-state index contributed by atoms with van der Waals surface area (Å²) < 4.78 is 0. The van der Waals surface area contributed by atoms with Crippen LogP contribution in [0.4, 0.5) is 0 Å². The molecule has 4 nitrogen and oxygen atoms in total. The lowest BCUT2D eigenvalue weighted by molar-refractivity contribution is -0.141. The number of hydrogen-bond donors (Lipinski definition) is 1. The number of benzene rings is 1. The smallest absolute Gasteiger partial charge is 0.242 e. The van der Waals surface area contributed by atoms with Gasteiger partial charge in [0.15, 0.2) is 0 Å². The van der Waals surface area contributed by atoms with E-state index in [0.29, 0.717) is 31.0 Å². The third kappa shape index (κ3) is 5.87. The van der Waals surface area contributed by atoms with E-state index < -0.39 is 6.04 Å². The Hall–Kier alpha value is -1.55. The van der Waals surface area contributed by atoms with E-state index in [1.54, 1.807) is 11.0 Å². The summed E-state index contributed by atoms with van der Waals surface area (Å²) >= 11 is 6.22. The molecule has 0 saturated carbocycles. The summed E-state index contributed by atoms with van der Waals surface area (Å²) in [6.45, 7) is 6.87. The highest BCUT2D eigenvalue weighted by Gasteiger charge is 2.28. The molecule has 1 atom stereocenters. The lowest BCUT2D eigenvalue weighted by Crippen LogP contribution is -2.49. The fraction of sp³-hybridized carbons (Fsp3) is 0.556. The van der Waals surface area contributed by atoms with Gasteiger partial charge in [-0.3, -0.25) is 9.59 Å². The van der Waals surface area contributed by atoms with Crippen LogP contribution in [0, 0.1) is 0 Å². The maximum Gasteiger partial charge on any atom is 0.242 e. The molecule has 0 heterocycles. The zero-order valence-corrected chi connectivity index (χ0v) is 15.0. The third-order valence-electron chi connectivity index (χ3n) is 3.70. The van der Waals surface area contributed by atoms with Crippen molar-refractivity contribution in [1.82, 2.24) is 10.2 Å². The Bertz CT molecular complexity index is 519. The number of hydrogen-bond acceptors (Lipinski definition) is 2. The van der Waals surface area contributed by atoms with Crippen molar-refractivity contribution in [2.24, 2.45) is 0 Å². The predicted octanol–water partition coefficient (Wildman–Crippen LogP) is 3.77. The molecule has 0 spiro atoms. The van der Waals surface area contributed by atoms with Crippen LogP contribution in [0.5, 0.6) is 0 Å². The molecule has 128 valence electrons. The molecule has 1 N–H and O–H groups in total. The maximum absolute atomic E-state index is 12.5. The number of amides is 2. The van der Waals surface area contributed by atoms with Gasteiger partial charge in [0.25, 0.3) is 0 Å². The molecular formula is C18H27ClN2O2. The van der Waals surface area contributed by atoms with E-state index in [0.717, 1.165) is 18.4 Å². The van der Waals surface area contributed by atoms with Gasteiger partial charge in [0.05, 0.1) is 0 Å². The SMILES string of the molecule is CCCNC(=O)C(CC)N(Cc1ccccc1Cl)C(=O)CCC. The normalized spacial score (nSPS) is 11.8. The second-order valence-corrected chi connectivity index (χ2v) is 5.99. The molecule has 0 aliphatic carbocycles. The van der Waals surface area contributed by atoms with Crippen molar-refractivity contribution in [2.75, 3.05) is 6.54 Å². The lowest BCUT2D eigenvalue weighted by Gasteiger charge is -2.31. The van der Waals surface area contributed by atoms with Gasteiger partial charge >= 0.3 is 0 Å². The molecular weight excluding hydrogens is 312 g/mol. The van der Waals surface area contributed by atoms with Gasteiger partial charge in [0, 0.05) is 24.5 Å². The van der Waals surface area contributed by atoms with Crippen LogP contribution in [0.1, 0.15) is 52.0 Å². The quantitative estimate of drug-likeness (QED) is 0.745. The fourth-order valence-electron chi connectivity index (χ4n) is 2.45. The van der Waals surface area contributed by atoms with Gasteiger partial charge in [-0.1, -0.05) is 50.6 Å². The zero-order valence-electron chi connectivity index (χ0n) is 14.3. The third-order valence-corrected chi connectivity index (χ3v) is 4.07. The first kappa shape index (κ1) is 19.5. The van der Waals surface area contributed by atoms with Crippen LogP contribution in [-0.2, 0) is 16.1 Å². The molecule has 0 aliphatic rings. The molecule has 0 saturated heterocycles. The van der Waals surface area contributed by atoms with E-state index >= 15 is 0 Å². The molecule has 0 bridgehead atoms. The van der Waals surface area contributed by atoms with Crippen molar-refractivity contribution < 1.29 is 9.59 Å². The van der Waals surface area contributed by atoms with Gasteiger partial charge in [-0.25, -0.2) is 0 Å². The molecule has 0 aliphatic heterocycles. The van der Waals surface area contributed by atoms with E-state index in [1.165, 1.54) is 0 Å². The largest absolute Gasteiger partial charge is 0.354 e. The number of carbonyl (C=O) groups is 2. The van der Waals surface area contributed by atoms with Crippen LogP contribution >= 0.6 is 11.6 Å². The van der Waals surface area contributed by atoms with E-state index in [2.05, 4.69) is 5.32 Å².